The van der Waals surface area contributed by atoms with E-state index in [0.717, 1.165) is 12.8 Å². The minimum atomic E-state index is -0.229. The summed E-state index contributed by atoms with van der Waals surface area (Å²) in [5.74, 6) is -0.134. The second kappa shape index (κ2) is 5.00. The van der Waals surface area contributed by atoms with Crippen LogP contribution in [-0.4, -0.2) is 46.9 Å². The number of hydrogen-bond acceptors (Lipinski definition) is 3. The largest absolute Gasteiger partial charge is 0.393 e. The lowest BCUT2D eigenvalue weighted by Gasteiger charge is -2.24. The van der Waals surface area contributed by atoms with Gasteiger partial charge >= 0.3 is 6.03 Å². The Morgan fingerprint density at radius 2 is 2.06 bits per heavy atom. The zero-order valence-corrected chi connectivity index (χ0v) is 11.3. The van der Waals surface area contributed by atoms with E-state index >= 15 is 0 Å². The van der Waals surface area contributed by atoms with E-state index in [9.17, 15) is 9.59 Å². The van der Waals surface area contributed by atoms with Crippen LogP contribution in [0.15, 0.2) is 0 Å². The van der Waals surface area contributed by atoms with E-state index in [0.29, 0.717) is 11.5 Å². The first-order valence-corrected chi connectivity index (χ1v) is 6.02. The van der Waals surface area contributed by atoms with E-state index in [4.69, 9.17) is 18.0 Å². The molecule has 0 saturated carbocycles. The number of rotatable bonds is 5. The monoisotopic (exact) mass is 257 g/mol. The average molecular weight is 257 g/mol. The van der Waals surface area contributed by atoms with E-state index in [2.05, 4.69) is 0 Å². The lowest BCUT2D eigenvalue weighted by atomic mass is 9.88. The van der Waals surface area contributed by atoms with Crippen molar-refractivity contribution in [3.63, 3.8) is 0 Å². The van der Waals surface area contributed by atoms with Gasteiger partial charge in [0.2, 0.25) is 5.91 Å². The summed E-state index contributed by atoms with van der Waals surface area (Å²) in [5.41, 5.74) is 5.39. The van der Waals surface area contributed by atoms with Crippen LogP contribution in [-0.2, 0) is 4.79 Å². The van der Waals surface area contributed by atoms with Crippen LogP contribution >= 0.6 is 12.2 Å². The SMILES string of the molecule is CN1CC(=O)N(CCCC(C)(C)C(N)=S)C1=O. The highest BCUT2D eigenvalue weighted by Gasteiger charge is 2.33. The molecule has 5 nitrogen and oxygen atoms in total. The molecule has 3 amide bonds. The van der Waals surface area contributed by atoms with Crippen molar-refractivity contribution >= 4 is 29.1 Å². The third-order valence-electron chi connectivity index (χ3n) is 3.08. The molecule has 1 fully saturated rings. The number of carbonyl (C=O) groups excluding carboxylic acids is 2. The Labute approximate surface area is 107 Å². The first kappa shape index (κ1) is 13.9. The molecular formula is C11H19N3O2S. The molecule has 0 aromatic carbocycles. The highest BCUT2D eigenvalue weighted by Crippen LogP contribution is 2.23. The number of amides is 3. The average Bonchev–Trinajstić information content (AvgIpc) is 2.44. The number of thiocarbonyl (C=S) groups is 1. The lowest BCUT2D eigenvalue weighted by molar-refractivity contribution is -0.125. The summed E-state index contributed by atoms with van der Waals surface area (Å²) >= 11 is 4.97. The van der Waals surface area contributed by atoms with Crippen LogP contribution in [0, 0.1) is 5.41 Å². The number of hydrogen-bond donors (Lipinski definition) is 1. The fourth-order valence-electron chi connectivity index (χ4n) is 1.69. The summed E-state index contributed by atoms with van der Waals surface area (Å²) in [6.07, 6.45) is 1.48. The summed E-state index contributed by atoms with van der Waals surface area (Å²) < 4.78 is 0. The highest BCUT2D eigenvalue weighted by molar-refractivity contribution is 7.80. The molecule has 0 aliphatic carbocycles. The highest BCUT2D eigenvalue weighted by atomic mass is 32.1. The predicted octanol–water partition coefficient (Wildman–Crippen LogP) is 0.973. The number of urea groups is 1. The zero-order valence-electron chi connectivity index (χ0n) is 10.5. The van der Waals surface area contributed by atoms with Gasteiger partial charge in [-0.2, -0.15) is 0 Å². The summed E-state index contributed by atoms with van der Waals surface area (Å²) in [7, 11) is 1.62. The minimum absolute atomic E-state index is 0.134. The van der Waals surface area contributed by atoms with E-state index in [1.165, 1.54) is 9.80 Å². The first-order chi connectivity index (χ1) is 7.75. The minimum Gasteiger partial charge on any atom is -0.393 e. The molecule has 1 rings (SSSR count). The Kier molecular flexibility index (Phi) is 4.08. The van der Waals surface area contributed by atoms with Gasteiger partial charge in [0.15, 0.2) is 0 Å². The fraction of sp³-hybridized carbons (Fsp3) is 0.727. The Morgan fingerprint density at radius 3 is 2.47 bits per heavy atom. The molecule has 0 bridgehead atoms. The molecule has 96 valence electrons. The van der Waals surface area contributed by atoms with Gasteiger partial charge in [0.05, 0.1) is 4.99 Å². The second-order valence-corrected chi connectivity index (χ2v) is 5.48. The van der Waals surface area contributed by atoms with Crippen LogP contribution in [0.1, 0.15) is 26.7 Å². The van der Waals surface area contributed by atoms with Crippen molar-refractivity contribution in [2.24, 2.45) is 11.1 Å². The van der Waals surface area contributed by atoms with Gasteiger partial charge in [-0.15, -0.1) is 0 Å². The third-order valence-corrected chi connectivity index (χ3v) is 3.63. The molecule has 0 radical (unpaired) electrons. The summed E-state index contributed by atoms with van der Waals surface area (Å²) in [6.45, 7) is 4.55. The molecule has 1 aliphatic heterocycles. The number of carbonyl (C=O) groups is 2. The summed E-state index contributed by atoms with van der Waals surface area (Å²) in [5, 5.41) is 0. The Bertz CT molecular complexity index is 355. The molecule has 2 N–H and O–H groups in total. The maximum Gasteiger partial charge on any atom is 0.326 e. The Hall–Kier alpha value is -1.17. The normalized spacial score (nSPS) is 16.9. The maximum absolute atomic E-state index is 11.6. The van der Waals surface area contributed by atoms with Crippen molar-refractivity contribution < 1.29 is 9.59 Å². The molecule has 0 unspecified atom stereocenters. The van der Waals surface area contributed by atoms with Crippen LogP contribution in [0.4, 0.5) is 4.79 Å². The molecule has 6 heteroatoms. The van der Waals surface area contributed by atoms with Gasteiger partial charge in [0, 0.05) is 19.0 Å². The predicted molar refractivity (Wildman–Crippen MR) is 69.5 cm³/mol. The van der Waals surface area contributed by atoms with Crippen LogP contribution < -0.4 is 5.73 Å². The topological polar surface area (TPSA) is 66.6 Å². The molecule has 1 aliphatic rings. The van der Waals surface area contributed by atoms with Crippen LogP contribution in [0.3, 0.4) is 0 Å². The van der Waals surface area contributed by atoms with Crippen LogP contribution in [0.2, 0.25) is 0 Å². The quantitative estimate of drug-likeness (QED) is 0.589. The van der Waals surface area contributed by atoms with Gasteiger partial charge in [0.1, 0.15) is 6.54 Å². The maximum atomic E-state index is 11.6. The van der Waals surface area contributed by atoms with Crippen molar-refractivity contribution in [2.75, 3.05) is 20.1 Å². The van der Waals surface area contributed by atoms with Crippen molar-refractivity contribution in [3.8, 4) is 0 Å². The van der Waals surface area contributed by atoms with Gasteiger partial charge in [-0.25, -0.2) is 4.79 Å². The van der Waals surface area contributed by atoms with Crippen LogP contribution in [0.25, 0.3) is 0 Å². The second-order valence-electron chi connectivity index (χ2n) is 5.04. The van der Waals surface area contributed by atoms with Crippen molar-refractivity contribution in [1.82, 2.24) is 9.80 Å². The Morgan fingerprint density at radius 1 is 1.47 bits per heavy atom. The molecule has 1 saturated heterocycles. The number of imide groups is 1. The number of likely N-dealkylation sites (N-methyl/N-ethyl adjacent to an activating group) is 1. The van der Waals surface area contributed by atoms with Gasteiger partial charge in [0.25, 0.3) is 0 Å². The van der Waals surface area contributed by atoms with E-state index in [1.54, 1.807) is 7.05 Å². The van der Waals surface area contributed by atoms with Crippen LogP contribution in [0.5, 0.6) is 0 Å². The molecule has 0 aromatic rings. The number of nitrogens with two attached hydrogens (primary N) is 1. The van der Waals surface area contributed by atoms with Crippen molar-refractivity contribution in [1.29, 1.82) is 0 Å². The smallest absolute Gasteiger partial charge is 0.326 e. The Balaban J connectivity index is 2.45. The molecular weight excluding hydrogens is 238 g/mol. The lowest BCUT2D eigenvalue weighted by Crippen LogP contribution is -2.34. The van der Waals surface area contributed by atoms with Gasteiger partial charge in [-0.3, -0.25) is 9.69 Å². The zero-order chi connectivity index (χ0) is 13.2. The first-order valence-electron chi connectivity index (χ1n) is 5.61. The van der Waals surface area contributed by atoms with Crippen molar-refractivity contribution in [2.45, 2.75) is 26.7 Å². The molecule has 0 atom stereocenters. The number of nitrogens with zero attached hydrogens (tertiary/aromatic N) is 2. The van der Waals surface area contributed by atoms with E-state index < -0.39 is 0 Å². The van der Waals surface area contributed by atoms with Gasteiger partial charge in [-0.05, 0) is 12.8 Å². The molecule has 0 aromatic heterocycles. The third kappa shape index (κ3) is 3.15. The fourth-order valence-corrected chi connectivity index (χ4v) is 1.79. The standard InChI is InChI=1S/C11H19N3O2S/c1-11(2,9(12)17)5-4-6-14-8(15)7-13(3)10(14)16/h4-7H2,1-3H3,(H2,12,17). The van der Waals surface area contributed by atoms with E-state index in [1.807, 2.05) is 13.8 Å². The molecule has 0 spiro atoms. The van der Waals surface area contributed by atoms with Gasteiger partial charge in [-0.1, -0.05) is 26.1 Å². The molecule has 1 heterocycles. The van der Waals surface area contributed by atoms with E-state index in [-0.39, 0.29) is 23.9 Å². The van der Waals surface area contributed by atoms with Crippen molar-refractivity contribution in [3.05, 3.63) is 0 Å². The molecule has 17 heavy (non-hydrogen) atoms. The van der Waals surface area contributed by atoms with Gasteiger partial charge < -0.3 is 10.6 Å². The summed E-state index contributed by atoms with van der Waals surface area (Å²) in [6, 6.07) is -0.219. The summed E-state index contributed by atoms with van der Waals surface area (Å²) in [4.78, 5) is 26.3.